The van der Waals surface area contributed by atoms with Crippen LogP contribution in [0.25, 0.3) is 0 Å². The van der Waals surface area contributed by atoms with Gasteiger partial charge in [0.15, 0.2) is 23.0 Å². The monoisotopic (exact) mass is 390 g/mol. The molecule has 1 aromatic heterocycles. The summed E-state index contributed by atoms with van der Waals surface area (Å²) in [6.07, 6.45) is -5.11. The summed E-state index contributed by atoms with van der Waals surface area (Å²) in [5.74, 6) is -8.85. The van der Waals surface area contributed by atoms with Gasteiger partial charge in [-0.15, -0.1) is 0 Å². The van der Waals surface area contributed by atoms with Gasteiger partial charge in [-0.2, -0.15) is 0 Å². The Balaban J connectivity index is 2.85. The minimum Gasteiger partial charge on any atom is -0.504 e. The highest BCUT2D eigenvalue weighted by molar-refractivity contribution is 5.65. The van der Waals surface area contributed by atoms with E-state index >= 15 is 0 Å². The summed E-state index contributed by atoms with van der Waals surface area (Å²) in [6, 6.07) is 0. The molecule has 0 aliphatic carbocycles. The lowest BCUT2D eigenvalue weighted by Crippen LogP contribution is -2.46. The number of aromatic hydroxyl groups is 5. The Hall–Kier alpha value is -2.97. The van der Waals surface area contributed by atoms with E-state index in [0.717, 1.165) is 18.7 Å². The van der Waals surface area contributed by atoms with Gasteiger partial charge in [0.1, 0.15) is 11.8 Å². The summed E-state index contributed by atoms with van der Waals surface area (Å²) in [5.41, 5.74) is -2.96. The number of phenolic OH excluding ortho intramolecular Hbond substituents is 4. The minimum atomic E-state index is -3.72. The molecule has 13 nitrogen and oxygen atoms in total. The van der Waals surface area contributed by atoms with Gasteiger partial charge in [-0.3, -0.25) is 14.6 Å². The molecule has 150 valence electrons. The van der Waals surface area contributed by atoms with Crippen molar-refractivity contribution < 1.29 is 50.7 Å². The van der Waals surface area contributed by atoms with Crippen LogP contribution in [0.5, 0.6) is 28.7 Å². The average Bonchev–Trinajstić information content (AvgIpc) is 2.82. The van der Waals surface area contributed by atoms with E-state index < -0.39 is 63.9 Å². The van der Waals surface area contributed by atoms with Crippen LogP contribution in [0.2, 0.25) is 0 Å². The molecule has 2 aromatic rings. The van der Waals surface area contributed by atoms with Crippen molar-refractivity contribution in [2.75, 3.05) is 0 Å². The third-order valence-corrected chi connectivity index (χ3v) is 3.90. The molecule has 1 atom stereocenters. The second-order valence-electron chi connectivity index (χ2n) is 5.70. The van der Waals surface area contributed by atoms with Crippen LogP contribution < -0.4 is 5.56 Å². The van der Waals surface area contributed by atoms with Gasteiger partial charge in [-0.1, -0.05) is 0 Å². The first kappa shape index (κ1) is 20.3. The molecule has 1 unspecified atom stereocenters. The van der Waals surface area contributed by atoms with E-state index in [1.807, 2.05) is 0 Å². The molecule has 1 heterocycles. The Morgan fingerprint density at radius 2 is 1.44 bits per heavy atom. The zero-order valence-corrected chi connectivity index (χ0v) is 13.9. The second-order valence-corrected chi connectivity index (χ2v) is 5.70. The van der Waals surface area contributed by atoms with E-state index in [4.69, 9.17) is 10.2 Å². The van der Waals surface area contributed by atoms with E-state index in [0.29, 0.717) is 0 Å². The average molecular weight is 390 g/mol. The predicted molar refractivity (Wildman–Crippen MR) is 83.9 cm³/mol. The fourth-order valence-corrected chi connectivity index (χ4v) is 2.41. The third kappa shape index (κ3) is 3.24. The molecule has 27 heavy (non-hydrogen) atoms. The molecule has 0 radical (unpaired) electrons. The summed E-state index contributed by atoms with van der Waals surface area (Å²) in [4.78, 5) is 11.6. The van der Waals surface area contributed by atoms with Gasteiger partial charge in [0.25, 0.3) is 0 Å². The normalized spacial score (nSPS) is 13.3. The predicted octanol–water partition coefficient (Wildman–Crippen LogP) is -2.40. The topological polar surface area (TPSA) is 229 Å². The number of rotatable bonds is 5. The number of nitrogens with one attached hydrogen (secondary N) is 1. The lowest BCUT2D eigenvalue weighted by Gasteiger charge is -2.30. The van der Waals surface area contributed by atoms with Crippen LogP contribution in [-0.4, -0.2) is 68.0 Å². The lowest BCUT2D eigenvalue weighted by atomic mass is 9.99. The molecule has 0 bridgehead atoms. The molecule has 0 saturated heterocycles. The number of ether oxygens (including phenoxy) is 1. The van der Waals surface area contributed by atoms with Crippen LogP contribution >= 0.6 is 0 Å². The number of aryl methyl sites for hydroxylation is 1. The molecule has 0 aliphatic heterocycles. The summed E-state index contributed by atoms with van der Waals surface area (Å²) >= 11 is 0. The molecule has 10 N–H and O–H groups in total. The van der Waals surface area contributed by atoms with Crippen molar-refractivity contribution in [2.24, 2.45) is 7.05 Å². The maximum atomic E-state index is 11.6. The molecular formula is C14H18N2O11. The highest BCUT2D eigenvalue weighted by Crippen LogP contribution is 2.51. The Labute approximate surface area is 149 Å². The van der Waals surface area contributed by atoms with Crippen molar-refractivity contribution in [1.82, 2.24) is 9.78 Å². The quantitative estimate of drug-likeness (QED) is 0.147. The summed E-state index contributed by atoms with van der Waals surface area (Å²) in [5, 5.41) is 89.4. The number of H-pyrrole nitrogens is 1. The maximum absolute atomic E-state index is 11.6. The second kappa shape index (κ2) is 6.64. The highest BCUT2D eigenvalue weighted by atomic mass is 16.8. The number of aromatic nitrogens is 2. The van der Waals surface area contributed by atoms with Crippen LogP contribution in [0.3, 0.4) is 0 Å². The SMILES string of the molecule is Cc1c(O)c(O)c(C(OC(O)(O)C(O)O)c2c(O)c(=O)[nH]n2C)c(O)c1O. The van der Waals surface area contributed by atoms with Crippen LogP contribution in [0.15, 0.2) is 4.79 Å². The van der Waals surface area contributed by atoms with Gasteiger partial charge < -0.3 is 50.7 Å². The van der Waals surface area contributed by atoms with E-state index in [1.165, 1.54) is 0 Å². The Kier molecular flexibility index (Phi) is 5.00. The van der Waals surface area contributed by atoms with Crippen LogP contribution in [-0.2, 0) is 11.8 Å². The molecule has 2 rings (SSSR count). The molecular weight excluding hydrogens is 372 g/mol. The maximum Gasteiger partial charge on any atom is 0.332 e. The smallest absolute Gasteiger partial charge is 0.332 e. The molecule has 0 spiro atoms. The van der Waals surface area contributed by atoms with Gasteiger partial charge in [-0.05, 0) is 6.92 Å². The van der Waals surface area contributed by atoms with Crippen molar-refractivity contribution in [1.29, 1.82) is 0 Å². The summed E-state index contributed by atoms with van der Waals surface area (Å²) in [7, 11) is 1.15. The Morgan fingerprint density at radius 3 is 1.81 bits per heavy atom. The molecule has 0 fully saturated rings. The van der Waals surface area contributed by atoms with Gasteiger partial charge in [0.2, 0.25) is 12.0 Å². The number of benzene rings is 1. The van der Waals surface area contributed by atoms with Crippen molar-refractivity contribution in [3.8, 4) is 28.7 Å². The molecule has 13 heteroatoms. The minimum absolute atomic E-state index is 0.346. The summed E-state index contributed by atoms with van der Waals surface area (Å²) < 4.78 is 5.49. The number of hydrogen-bond donors (Lipinski definition) is 10. The molecule has 0 amide bonds. The molecule has 0 saturated carbocycles. The van der Waals surface area contributed by atoms with Gasteiger partial charge in [-0.25, -0.2) is 0 Å². The van der Waals surface area contributed by atoms with Crippen LogP contribution in [0.4, 0.5) is 0 Å². The van der Waals surface area contributed by atoms with Crippen molar-refractivity contribution >= 4 is 0 Å². The lowest BCUT2D eigenvalue weighted by molar-refractivity contribution is -0.424. The third-order valence-electron chi connectivity index (χ3n) is 3.90. The number of aliphatic hydroxyl groups excluding tert-OH is 1. The standard InChI is InChI=1S/C14H18N2O11/c1-3-6(17)8(19)4(9(20)7(3)18)11(27-14(25,26)13(23)24)5-10(21)12(22)15-16(5)2/h11,13,17-21,23-26H,1-2H3,(H,15,22). The number of aromatic amines is 1. The fourth-order valence-electron chi connectivity index (χ4n) is 2.41. The van der Waals surface area contributed by atoms with Gasteiger partial charge in [0, 0.05) is 12.6 Å². The van der Waals surface area contributed by atoms with E-state index in [-0.39, 0.29) is 5.56 Å². The van der Waals surface area contributed by atoms with Crippen LogP contribution in [0.1, 0.15) is 22.9 Å². The number of aliphatic hydroxyl groups is 4. The van der Waals surface area contributed by atoms with Crippen LogP contribution in [0, 0.1) is 6.92 Å². The first-order valence-electron chi connectivity index (χ1n) is 7.24. The largest absolute Gasteiger partial charge is 0.504 e. The van der Waals surface area contributed by atoms with Crippen molar-refractivity contribution in [3.63, 3.8) is 0 Å². The molecule has 1 aromatic carbocycles. The fraction of sp³-hybridized carbons (Fsp3) is 0.357. The number of nitrogens with zero attached hydrogens (tertiary/aromatic N) is 1. The first-order chi connectivity index (χ1) is 12.3. The highest BCUT2D eigenvalue weighted by Gasteiger charge is 2.42. The zero-order valence-electron chi connectivity index (χ0n) is 13.9. The van der Waals surface area contributed by atoms with Crippen molar-refractivity contribution in [2.45, 2.75) is 25.3 Å². The zero-order chi connectivity index (χ0) is 20.8. The molecule has 0 aliphatic rings. The summed E-state index contributed by atoms with van der Waals surface area (Å²) in [6.45, 7) is 1.13. The Morgan fingerprint density at radius 1 is 0.963 bits per heavy atom. The van der Waals surface area contributed by atoms with Crippen molar-refractivity contribution in [3.05, 3.63) is 27.2 Å². The first-order valence-corrected chi connectivity index (χ1v) is 7.24. The van der Waals surface area contributed by atoms with E-state index in [2.05, 4.69) is 9.84 Å². The Bertz CT molecular complexity index is 899. The van der Waals surface area contributed by atoms with Gasteiger partial charge >= 0.3 is 11.5 Å². The van der Waals surface area contributed by atoms with Gasteiger partial charge in [0.05, 0.1) is 5.56 Å². The number of hydrogen-bond acceptors (Lipinski definition) is 11. The van der Waals surface area contributed by atoms with E-state index in [9.17, 15) is 40.5 Å². The number of phenols is 4. The van der Waals surface area contributed by atoms with E-state index in [1.54, 1.807) is 0 Å².